The van der Waals surface area contributed by atoms with Gasteiger partial charge in [0.2, 0.25) is 5.91 Å². The van der Waals surface area contributed by atoms with Gasteiger partial charge in [-0.15, -0.1) is 0 Å². The van der Waals surface area contributed by atoms with Gasteiger partial charge in [0, 0.05) is 29.5 Å². The van der Waals surface area contributed by atoms with Gasteiger partial charge in [-0.3, -0.25) is 14.3 Å². The highest BCUT2D eigenvalue weighted by Gasteiger charge is 2.56. The normalized spacial score (nSPS) is 26.3. The first kappa shape index (κ1) is 21.3. The molecule has 9 nitrogen and oxygen atoms in total. The highest BCUT2D eigenvalue weighted by molar-refractivity contribution is 5.95. The average molecular weight is 427 g/mol. The predicted molar refractivity (Wildman–Crippen MR) is 116 cm³/mol. The third-order valence-corrected chi connectivity index (χ3v) is 6.48. The van der Waals surface area contributed by atoms with Crippen molar-refractivity contribution < 1.29 is 14.3 Å². The lowest BCUT2D eigenvalue weighted by atomic mass is 9.77. The van der Waals surface area contributed by atoms with Crippen molar-refractivity contribution in [1.29, 1.82) is 0 Å². The third kappa shape index (κ3) is 3.28. The van der Waals surface area contributed by atoms with Gasteiger partial charge in [-0.05, 0) is 44.0 Å². The number of carbonyl (C=O) groups excluding carboxylic acids is 2. The third-order valence-electron chi connectivity index (χ3n) is 6.48. The summed E-state index contributed by atoms with van der Waals surface area (Å²) in [7, 11) is 0. The van der Waals surface area contributed by atoms with Crippen LogP contribution in [0, 0.1) is 12.8 Å². The van der Waals surface area contributed by atoms with Crippen molar-refractivity contribution in [3.8, 4) is 5.75 Å². The number of aromatic nitrogens is 2. The summed E-state index contributed by atoms with van der Waals surface area (Å²) in [5.74, 6) is -0.497. The molecule has 0 saturated carbocycles. The standard InChI is InChI=1S/C22H30N6O3/c1-4-6-12-10-31-16-9-13(20(24)29)8-14-17(16)18(12)22(25,19(14)23)26-21(30)15-7-11(3)27-28(15)5-2/h7-9,12,18-19H,4-6,10,23,25H2,1-3H3,(H2,24,29)(H,26,30)/t12-,18?,19?,22-/m1/s1. The lowest BCUT2D eigenvalue weighted by molar-refractivity contribution is 0.0782. The number of nitrogens with two attached hydrogens (primary N) is 3. The minimum absolute atomic E-state index is 0.0763. The monoisotopic (exact) mass is 426 g/mol. The lowest BCUT2D eigenvalue weighted by Gasteiger charge is -2.42. The Morgan fingerprint density at radius 2 is 2.06 bits per heavy atom. The molecule has 1 aromatic carbocycles. The van der Waals surface area contributed by atoms with Gasteiger partial charge < -0.3 is 27.3 Å². The van der Waals surface area contributed by atoms with Crippen molar-refractivity contribution in [3.63, 3.8) is 0 Å². The summed E-state index contributed by atoms with van der Waals surface area (Å²) >= 11 is 0. The van der Waals surface area contributed by atoms with E-state index in [1.807, 2.05) is 13.8 Å². The van der Waals surface area contributed by atoms with Crippen LogP contribution in [-0.2, 0) is 6.54 Å². The second-order valence-electron chi connectivity index (χ2n) is 8.53. The second kappa shape index (κ2) is 7.65. The zero-order valence-electron chi connectivity index (χ0n) is 18.1. The molecule has 4 atom stereocenters. The number of carbonyl (C=O) groups is 2. The van der Waals surface area contributed by atoms with Crippen LogP contribution in [0.2, 0.25) is 0 Å². The fourth-order valence-corrected chi connectivity index (χ4v) is 5.11. The van der Waals surface area contributed by atoms with Gasteiger partial charge in [-0.25, -0.2) is 0 Å². The molecule has 2 unspecified atom stereocenters. The quantitative estimate of drug-likeness (QED) is 0.511. The number of ether oxygens (including phenoxy) is 1. The molecule has 1 aromatic heterocycles. The smallest absolute Gasteiger partial charge is 0.271 e. The van der Waals surface area contributed by atoms with Crippen LogP contribution in [0.5, 0.6) is 5.75 Å². The SMILES string of the molecule is CCC[C@@H]1COc2cc(C(N)=O)cc3c2C1[C@@](N)(NC(=O)c1cc(C)nn1CC)C3N. The number of nitrogens with one attached hydrogen (secondary N) is 1. The Labute approximate surface area is 181 Å². The average Bonchev–Trinajstić information content (AvgIpc) is 3.22. The molecule has 2 heterocycles. The molecule has 166 valence electrons. The fourth-order valence-electron chi connectivity index (χ4n) is 5.11. The van der Waals surface area contributed by atoms with Crippen LogP contribution in [0.3, 0.4) is 0 Å². The van der Waals surface area contributed by atoms with Crippen molar-refractivity contribution >= 4 is 11.8 Å². The first-order valence-electron chi connectivity index (χ1n) is 10.7. The van der Waals surface area contributed by atoms with Crippen molar-refractivity contribution in [2.45, 2.75) is 57.8 Å². The molecule has 0 fully saturated rings. The molecule has 31 heavy (non-hydrogen) atoms. The number of aryl methyl sites for hydroxylation is 2. The Balaban J connectivity index is 1.80. The van der Waals surface area contributed by atoms with Gasteiger partial charge in [-0.2, -0.15) is 5.10 Å². The molecule has 0 bridgehead atoms. The van der Waals surface area contributed by atoms with E-state index in [0.29, 0.717) is 35.7 Å². The van der Waals surface area contributed by atoms with Crippen LogP contribution in [0.25, 0.3) is 0 Å². The second-order valence-corrected chi connectivity index (χ2v) is 8.53. The van der Waals surface area contributed by atoms with Crippen LogP contribution < -0.4 is 27.3 Å². The van der Waals surface area contributed by atoms with Gasteiger partial charge in [0.05, 0.1) is 18.3 Å². The molecular formula is C22H30N6O3. The zero-order valence-corrected chi connectivity index (χ0v) is 18.1. The number of amides is 2. The Hall–Kier alpha value is -2.91. The van der Waals surface area contributed by atoms with Crippen molar-refractivity contribution in [1.82, 2.24) is 15.1 Å². The summed E-state index contributed by atoms with van der Waals surface area (Å²) < 4.78 is 7.64. The Morgan fingerprint density at radius 3 is 2.71 bits per heavy atom. The minimum Gasteiger partial charge on any atom is -0.493 e. The number of hydrogen-bond acceptors (Lipinski definition) is 6. The number of nitrogens with zero attached hydrogens (tertiary/aromatic N) is 2. The van der Waals surface area contributed by atoms with Crippen LogP contribution in [0.4, 0.5) is 0 Å². The van der Waals surface area contributed by atoms with E-state index in [4.69, 9.17) is 21.9 Å². The molecular weight excluding hydrogens is 396 g/mol. The van der Waals surface area contributed by atoms with Crippen LogP contribution >= 0.6 is 0 Å². The van der Waals surface area contributed by atoms with E-state index in [0.717, 1.165) is 24.1 Å². The van der Waals surface area contributed by atoms with E-state index in [-0.39, 0.29) is 17.7 Å². The molecule has 0 radical (unpaired) electrons. The van der Waals surface area contributed by atoms with Crippen molar-refractivity contribution in [2.24, 2.45) is 23.1 Å². The first-order chi connectivity index (χ1) is 14.7. The van der Waals surface area contributed by atoms with E-state index in [1.165, 1.54) is 0 Å². The van der Waals surface area contributed by atoms with Gasteiger partial charge >= 0.3 is 0 Å². The fraction of sp³-hybridized carbons (Fsp3) is 0.500. The van der Waals surface area contributed by atoms with Gasteiger partial charge in [0.25, 0.3) is 5.91 Å². The number of primary amides is 1. The summed E-state index contributed by atoms with van der Waals surface area (Å²) in [5.41, 5.74) is 20.9. The largest absolute Gasteiger partial charge is 0.493 e. The predicted octanol–water partition coefficient (Wildman–Crippen LogP) is 1.30. The Kier molecular flexibility index (Phi) is 5.26. The van der Waals surface area contributed by atoms with Crippen LogP contribution in [0.1, 0.15) is 76.3 Å². The molecule has 0 saturated heterocycles. The number of benzene rings is 1. The molecule has 9 heteroatoms. The van der Waals surface area contributed by atoms with Crippen LogP contribution in [-0.4, -0.2) is 33.9 Å². The number of rotatable bonds is 6. The molecule has 2 aliphatic rings. The maximum atomic E-state index is 13.3. The molecule has 7 N–H and O–H groups in total. The minimum atomic E-state index is -1.25. The lowest BCUT2D eigenvalue weighted by Crippen LogP contribution is -2.64. The summed E-state index contributed by atoms with van der Waals surface area (Å²) in [6, 6.07) is 4.33. The van der Waals surface area contributed by atoms with E-state index in [2.05, 4.69) is 17.3 Å². The van der Waals surface area contributed by atoms with Crippen molar-refractivity contribution in [2.75, 3.05) is 6.61 Å². The Morgan fingerprint density at radius 1 is 1.32 bits per heavy atom. The van der Waals surface area contributed by atoms with Crippen molar-refractivity contribution in [3.05, 3.63) is 46.3 Å². The molecule has 4 rings (SSSR count). The van der Waals surface area contributed by atoms with E-state index < -0.39 is 17.6 Å². The van der Waals surface area contributed by atoms with Crippen LogP contribution in [0.15, 0.2) is 18.2 Å². The van der Waals surface area contributed by atoms with Gasteiger partial charge in [-0.1, -0.05) is 13.3 Å². The first-order valence-corrected chi connectivity index (χ1v) is 10.7. The molecule has 2 aromatic rings. The number of hydrogen-bond donors (Lipinski definition) is 4. The van der Waals surface area contributed by atoms with E-state index in [9.17, 15) is 9.59 Å². The highest BCUT2D eigenvalue weighted by atomic mass is 16.5. The van der Waals surface area contributed by atoms with E-state index in [1.54, 1.807) is 22.9 Å². The Bertz CT molecular complexity index is 1050. The zero-order chi connectivity index (χ0) is 22.5. The molecule has 1 aliphatic heterocycles. The molecule has 2 amide bonds. The maximum Gasteiger partial charge on any atom is 0.271 e. The molecule has 1 aliphatic carbocycles. The summed E-state index contributed by atoms with van der Waals surface area (Å²) in [6.07, 6.45) is 1.81. The topological polar surface area (TPSA) is 151 Å². The van der Waals surface area contributed by atoms with Gasteiger partial charge in [0.15, 0.2) is 0 Å². The van der Waals surface area contributed by atoms with Gasteiger partial charge in [0.1, 0.15) is 17.1 Å². The summed E-state index contributed by atoms with van der Waals surface area (Å²) in [6.45, 7) is 6.85. The highest BCUT2D eigenvalue weighted by Crippen LogP contribution is 2.55. The summed E-state index contributed by atoms with van der Waals surface area (Å²) in [4.78, 5) is 25.1. The van der Waals surface area contributed by atoms with E-state index >= 15 is 0 Å². The molecule has 0 spiro atoms. The summed E-state index contributed by atoms with van der Waals surface area (Å²) in [5, 5.41) is 7.40. The maximum absolute atomic E-state index is 13.3.